The van der Waals surface area contributed by atoms with Crippen LogP contribution in [0.3, 0.4) is 0 Å². The molecular formula is C12H20N2O. The van der Waals surface area contributed by atoms with Crippen LogP contribution in [0.15, 0.2) is 12.1 Å². The van der Waals surface area contributed by atoms with Crippen molar-refractivity contribution in [1.82, 2.24) is 5.48 Å². The molecule has 0 aliphatic heterocycles. The van der Waals surface area contributed by atoms with Crippen molar-refractivity contribution in [2.45, 2.75) is 20.4 Å². The van der Waals surface area contributed by atoms with E-state index in [0.29, 0.717) is 0 Å². The summed E-state index contributed by atoms with van der Waals surface area (Å²) in [5.41, 5.74) is 8.01. The van der Waals surface area contributed by atoms with Gasteiger partial charge >= 0.3 is 0 Å². The van der Waals surface area contributed by atoms with Crippen molar-refractivity contribution in [3.63, 3.8) is 0 Å². The van der Waals surface area contributed by atoms with Gasteiger partial charge in [0.05, 0.1) is 7.11 Å². The number of hydroxylamine groups is 1. The maximum atomic E-state index is 4.85. The van der Waals surface area contributed by atoms with E-state index in [4.69, 9.17) is 4.84 Å². The van der Waals surface area contributed by atoms with Gasteiger partial charge in [0, 0.05) is 26.3 Å². The van der Waals surface area contributed by atoms with Gasteiger partial charge in [0.1, 0.15) is 0 Å². The summed E-state index contributed by atoms with van der Waals surface area (Å²) in [7, 11) is 5.76. The molecule has 1 rings (SSSR count). The van der Waals surface area contributed by atoms with Crippen molar-refractivity contribution in [3.05, 3.63) is 28.8 Å². The van der Waals surface area contributed by atoms with Crippen molar-refractivity contribution in [2.75, 3.05) is 26.1 Å². The number of hydrogen-bond donors (Lipinski definition) is 1. The van der Waals surface area contributed by atoms with Crippen LogP contribution in [0.25, 0.3) is 0 Å². The number of rotatable bonds is 4. The molecule has 0 spiro atoms. The van der Waals surface area contributed by atoms with Crippen LogP contribution >= 0.6 is 0 Å². The highest BCUT2D eigenvalue weighted by Crippen LogP contribution is 2.23. The highest BCUT2D eigenvalue weighted by Gasteiger charge is 2.05. The molecule has 0 saturated carbocycles. The third-order valence-corrected chi connectivity index (χ3v) is 2.60. The molecule has 1 N–H and O–H groups in total. The topological polar surface area (TPSA) is 24.5 Å². The van der Waals surface area contributed by atoms with Crippen LogP contribution in [0.1, 0.15) is 16.7 Å². The van der Waals surface area contributed by atoms with Crippen molar-refractivity contribution in [1.29, 1.82) is 0 Å². The molecule has 0 fully saturated rings. The molecule has 84 valence electrons. The summed E-state index contributed by atoms with van der Waals surface area (Å²) in [4.78, 5) is 6.99. The van der Waals surface area contributed by atoms with E-state index in [1.807, 2.05) is 0 Å². The Morgan fingerprint density at radius 2 is 1.93 bits per heavy atom. The lowest BCUT2D eigenvalue weighted by Crippen LogP contribution is -2.14. The number of nitrogens with zero attached hydrogens (tertiary/aromatic N) is 1. The van der Waals surface area contributed by atoms with E-state index in [-0.39, 0.29) is 0 Å². The zero-order valence-electron chi connectivity index (χ0n) is 10.2. The lowest BCUT2D eigenvalue weighted by atomic mass is 10.0. The molecule has 0 aliphatic rings. The second-order valence-electron chi connectivity index (χ2n) is 3.98. The van der Waals surface area contributed by atoms with E-state index in [9.17, 15) is 0 Å². The maximum absolute atomic E-state index is 4.85. The Balaban J connectivity index is 3.00. The van der Waals surface area contributed by atoms with Gasteiger partial charge in [-0.1, -0.05) is 6.07 Å². The molecule has 0 amide bonds. The largest absolute Gasteiger partial charge is 0.377 e. The van der Waals surface area contributed by atoms with Gasteiger partial charge in [-0.3, -0.25) is 0 Å². The first kappa shape index (κ1) is 12.0. The quantitative estimate of drug-likeness (QED) is 0.766. The summed E-state index contributed by atoms with van der Waals surface area (Å²) in [6, 6.07) is 4.38. The van der Waals surface area contributed by atoms with Crippen LogP contribution in [0, 0.1) is 13.8 Å². The molecule has 0 aromatic heterocycles. The summed E-state index contributed by atoms with van der Waals surface area (Å²) in [6.45, 7) is 5.02. The van der Waals surface area contributed by atoms with Gasteiger partial charge in [0.15, 0.2) is 0 Å². The van der Waals surface area contributed by atoms with Crippen LogP contribution in [0.2, 0.25) is 0 Å². The number of anilines is 1. The van der Waals surface area contributed by atoms with E-state index in [2.05, 4.69) is 50.5 Å². The fraction of sp³-hybridized carbons (Fsp3) is 0.500. The van der Waals surface area contributed by atoms with E-state index in [1.165, 1.54) is 22.4 Å². The minimum atomic E-state index is 0.735. The zero-order valence-corrected chi connectivity index (χ0v) is 10.2. The van der Waals surface area contributed by atoms with Gasteiger partial charge < -0.3 is 9.74 Å². The van der Waals surface area contributed by atoms with E-state index < -0.39 is 0 Å². The molecule has 0 bridgehead atoms. The van der Waals surface area contributed by atoms with E-state index in [0.717, 1.165) is 6.54 Å². The van der Waals surface area contributed by atoms with Crippen LogP contribution in [0.4, 0.5) is 5.69 Å². The molecule has 0 atom stereocenters. The van der Waals surface area contributed by atoms with Crippen molar-refractivity contribution in [2.24, 2.45) is 0 Å². The minimum absolute atomic E-state index is 0.735. The molecule has 15 heavy (non-hydrogen) atoms. The van der Waals surface area contributed by atoms with Crippen molar-refractivity contribution in [3.8, 4) is 0 Å². The molecule has 0 radical (unpaired) electrons. The molecule has 1 aromatic rings. The average molecular weight is 208 g/mol. The van der Waals surface area contributed by atoms with Gasteiger partial charge in [-0.2, -0.15) is 5.48 Å². The highest BCUT2D eigenvalue weighted by molar-refractivity contribution is 5.57. The molecule has 3 nitrogen and oxygen atoms in total. The molecule has 0 saturated heterocycles. The summed E-state index contributed by atoms with van der Waals surface area (Å²) in [6.07, 6.45) is 0. The van der Waals surface area contributed by atoms with E-state index in [1.54, 1.807) is 7.11 Å². The fourth-order valence-corrected chi connectivity index (χ4v) is 1.64. The van der Waals surface area contributed by atoms with Crippen LogP contribution in [0.5, 0.6) is 0 Å². The maximum Gasteiger partial charge on any atom is 0.0572 e. The van der Waals surface area contributed by atoms with Gasteiger partial charge in [-0.05, 0) is 36.6 Å². The highest BCUT2D eigenvalue weighted by atomic mass is 16.6. The summed E-state index contributed by atoms with van der Waals surface area (Å²) in [5, 5.41) is 0. The predicted molar refractivity (Wildman–Crippen MR) is 64.1 cm³/mol. The standard InChI is InChI=1S/C12H20N2O/c1-9-6-11(8-13-15-5)7-12(10(9)2)14(3)4/h6-7,13H,8H2,1-5H3. The van der Waals surface area contributed by atoms with Crippen LogP contribution in [-0.4, -0.2) is 21.2 Å². The van der Waals surface area contributed by atoms with Gasteiger partial charge in [-0.25, -0.2) is 0 Å². The summed E-state index contributed by atoms with van der Waals surface area (Å²) >= 11 is 0. The number of hydrogen-bond acceptors (Lipinski definition) is 3. The Morgan fingerprint density at radius 1 is 1.27 bits per heavy atom. The Hall–Kier alpha value is -1.06. The minimum Gasteiger partial charge on any atom is -0.377 e. The van der Waals surface area contributed by atoms with Gasteiger partial charge in [0.25, 0.3) is 0 Å². The van der Waals surface area contributed by atoms with Crippen molar-refractivity contribution < 1.29 is 4.84 Å². The lowest BCUT2D eigenvalue weighted by molar-refractivity contribution is 0.0867. The predicted octanol–water partition coefficient (Wildman–Crippen LogP) is 2.02. The Bertz CT molecular complexity index is 335. The normalized spacial score (nSPS) is 10.5. The third kappa shape index (κ3) is 2.94. The fourth-order valence-electron chi connectivity index (χ4n) is 1.64. The monoisotopic (exact) mass is 208 g/mol. The third-order valence-electron chi connectivity index (χ3n) is 2.60. The van der Waals surface area contributed by atoms with Crippen molar-refractivity contribution >= 4 is 5.69 Å². The number of aryl methyl sites for hydroxylation is 1. The Morgan fingerprint density at radius 3 is 2.47 bits per heavy atom. The lowest BCUT2D eigenvalue weighted by Gasteiger charge is -2.19. The SMILES string of the molecule is CONCc1cc(C)c(C)c(N(C)C)c1. The van der Waals surface area contributed by atoms with Crippen LogP contribution in [-0.2, 0) is 11.4 Å². The molecule has 1 aromatic carbocycles. The van der Waals surface area contributed by atoms with Crippen LogP contribution < -0.4 is 10.4 Å². The molecular weight excluding hydrogens is 188 g/mol. The van der Waals surface area contributed by atoms with E-state index >= 15 is 0 Å². The van der Waals surface area contributed by atoms with Gasteiger partial charge in [-0.15, -0.1) is 0 Å². The zero-order chi connectivity index (χ0) is 11.4. The molecule has 0 heterocycles. The van der Waals surface area contributed by atoms with Gasteiger partial charge in [0.2, 0.25) is 0 Å². The smallest absolute Gasteiger partial charge is 0.0572 e. The average Bonchev–Trinajstić information content (AvgIpc) is 2.19. The Kier molecular flexibility index (Phi) is 4.12. The molecule has 0 unspecified atom stereocenters. The first-order valence-corrected chi connectivity index (χ1v) is 5.09. The number of benzene rings is 1. The molecule has 0 aliphatic carbocycles. The Labute approximate surface area is 92.0 Å². The molecule has 3 heteroatoms. The number of nitrogens with one attached hydrogen (secondary N) is 1. The summed E-state index contributed by atoms with van der Waals surface area (Å²) in [5.74, 6) is 0. The first-order valence-electron chi connectivity index (χ1n) is 5.09. The second-order valence-corrected chi connectivity index (χ2v) is 3.98. The second kappa shape index (κ2) is 5.14. The summed E-state index contributed by atoms with van der Waals surface area (Å²) < 4.78 is 0. The first-order chi connectivity index (χ1) is 7.06.